The Kier molecular flexibility index (Phi) is 3.47. The van der Waals surface area contributed by atoms with Crippen molar-refractivity contribution in [3.05, 3.63) is 35.7 Å². The standard InChI is InChI=1S/C14H17N3O3/c1-17(8-11-3-4-15-16-11)7-10-5-13-14(20-9-19-13)6-12(10)18-2/h3-6H,7-9H2,1-2H3,(H,15,16). The molecule has 106 valence electrons. The number of nitrogens with one attached hydrogen (secondary N) is 1. The molecule has 6 nitrogen and oxygen atoms in total. The smallest absolute Gasteiger partial charge is 0.231 e. The Morgan fingerprint density at radius 2 is 2.10 bits per heavy atom. The summed E-state index contributed by atoms with van der Waals surface area (Å²) in [6.07, 6.45) is 1.75. The maximum Gasteiger partial charge on any atom is 0.231 e. The highest BCUT2D eigenvalue weighted by Gasteiger charge is 2.18. The van der Waals surface area contributed by atoms with E-state index in [0.717, 1.165) is 41.6 Å². The minimum Gasteiger partial charge on any atom is -0.496 e. The topological polar surface area (TPSA) is 59.6 Å². The Balaban J connectivity index is 1.76. The molecule has 1 aromatic carbocycles. The van der Waals surface area contributed by atoms with Crippen molar-refractivity contribution in [2.75, 3.05) is 21.0 Å². The number of rotatable bonds is 5. The van der Waals surface area contributed by atoms with Crippen LogP contribution in [0.3, 0.4) is 0 Å². The molecule has 0 saturated carbocycles. The first kappa shape index (κ1) is 12.8. The van der Waals surface area contributed by atoms with Crippen LogP contribution in [0.5, 0.6) is 17.2 Å². The third kappa shape index (κ3) is 2.55. The summed E-state index contributed by atoms with van der Waals surface area (Å²) in [5.41, 5.74) is 2.14. The van der Waals surface area contributed by atoms with Crippen molar-refractivity contribution >= 4 is 0 Å². The molecule has 3 rings (SSSR count). The molecule has 2 aromatic rings. The molecular weight excluding hydrogens is 258 g/mol. The predicted molar refractivity (Wildman–Crippen MR) is 72.9 cm³/mol. The number of fused-ring (bicyclic) bond motifs is 1. The molecule has 20 heavy (non-hydrogen) atoms. The van der Waals surface area contributed by atoms with Gasteiger partial charge in [0.2, 0.25) is 6.79 Å². The summed E-state index contributed by atoms with van der Waals surface area (Å²) in [5, 5.41) is 6.91. The zero-order chi connectivity index (χ0) is 13.9. The Hall–Kier alpha value is -2.21. The lowest BCUT2D eigenvalue weighted by molar-refractivity contribution is 0.174. The van der Waals surface area contributed by atoms with Crippen LogP contribution in [-0.4, -0.2) is 36.0 Å². The van der Waals surface area contributed by atoms with Crippen molar-refractivity contribution in [3.8, 4) is 17.2 Å². The number of ether oxygens (including phenoxy) is 3. The summed E-state index contributed by atoms with van der Waals surface area (Å²) in [5.74, 6) is 2.32. The van der Waals surface area contributed by atoms with Crippen LogP contribution in [0.4, 0.5) is 0 Å². The van der Waals surface area contributed by atoms with Gasteiger partial charge in [-0.25, -0.2) is 0 Å². The number of H-pyrrole nitrogens is 1. The SMILES string of the molecule is COc1cc2c(cc1CN(C)Cc1ccn[nH]1)OCO2. The second-order valence-electron chi connectivity index (χ2n) is 4.77. The van der Waals surface area contributed by atoms with E-state index < -0.39 is 0 Å². The first-order valence-corrected chi connectivity index (χ1v) is 6.39. The van der Waals surface area contributed by atoms with E-state index in [9.17, 15) is 0 Å². The van der Waals surface area contributed by atoms with Crippen LogP contribution in [0.1, 0.15) is 11.3 Å². The summed E-state index contributed by atoms with van der Waals surface area (Å²) in [7, 11) is 3.71. The molecule has 1 N–H and O–H groups in total. The number of methoxy groups -OCH3 is 1. The molecule has 0 unspecified atom stereocenters. The molecule has 0 bridgehead atoms. The van der Waals surface area contributed by atoms with Gasteiger partial charge >= 0.3 is 0 Å². The average molecular weight is 275 g/mol. The van der Waals surface area contributed by atoms with Crippen LogP contribution in [0.15, 0.2) is 24.4 Å². The minimum absolute atomic E-state index is 0.270. The molecule has 1 aromatic heterocycles. The molecule has 6 heteroatoms. The summed E-state index contributed by atoms with van der Waals surface area (Å²) < 4.78 is 16.2. The van der Waals surface area contributed by atoms with Gasteiger partial charge in [-0.3, -0.25) is 10.00 Å². The first-order valence-electron chi connectivity index (χ1n) is 6.39. The number of hydrogen-bond donors (Lipinski definition) is 1. The van der Waals surface area contributed by atoms with Gasteiger partial charge in [0.05, 0.1) is 7.11 Å². The fourth-order valence-electron chi connectivity index (χ4n) is 2.29. The van der Waals surface area contributed by atoms with Gasteiger partial charge in [-0.15, -0.1) is 0 Å². The number of hydrogen-bond acceptors (Lipinski definition) is 5. The molecule has 0 saturated heterocycles. The summed E-state index contributed by atoms with van der Waals surface area (Å²) in [6, 6.07) is 5.82. The van der Waals surface area contributed by atoms with Crippen LogP contribution < -0.4 is 14.2 Å². The molecule has 0 radical (unpaired) electrons. The van der Waals surface area contributed by atoms with Gasteiger partial charge in [0.15, 0.2) is 11.5 Å². The lowest BCUT2D eigenvalue weighted by Gasteiger charge is -2.18. The van der Waals surface area contributed by atoms with E-state index in [1.807, 2.05) is 25.2 Å². The molecule has 0 spiro atoms. The average Bonchev–Trinajstić information content (AvgIpc) is 3.08. The molecule has 2 heterocycles. The number of nitrogens with zero attached hydrogens (tertiary/aromatic N) is 2. The summed E-state index contributed by atoms with van der Waals surface area (Å²) in [6.45, 7) is 1.81. The third-order valence-electron chi connectivity index (χ3n) is 3.21. The van der Waals surface area contributed by atoms with Crippen LogP contribution in [0.2, 0.25) is 0 Å². The van der Waals surface area contributed by atoms with Gasteiger partial charge in [-0.2, -0.15) is 5.10 Å². The zero-order valence-electron chi connectivity index (χ0n) is 11.5. The molecule has 0 aliphatic carbocycles. The first-order chi connectivity index (χ1) is 9.76. The van der Waals surface area contributed by atoms with Crippen molar-refractivity contribution in [1.29, 1.82) is 0 Å². The maximum absolute atomic E-state index is 5.42. The molecular formula is C14H17N3O3. The van der Waals surface area contributed by atoms with Gasteiger partial charge in [0.1, 0.15) is 5.75 Å². The van der Waals surface area contributed by atoms with Crippen LogP contribution in [0, 0.1) is 0 Å². The predicted octanol–water partition coefficient (Wildman–Crippen LogP) is 1.78. The van der Waals surface area contributed by atoms with E-state index in [-0.39, 0.29) is 6.79 Å². The highest BCUT2D eigenvalue weighted by Crippen LogP contribution is 2.38. The molecule has 1 aliphatic rings. The van der Waals surface area contributed by atoms with Gasteiger partial charge in [-0.1, -0.05) is 0 Å². The lowest BCUT2D eigenvalue weighted by atomic mass is 10.1. The Morgan fingerprint density at radius 1 is 1.30 bits per heavy atom. The number of benzene rings is 1. The minimum atomic E-state index is 0.270. The largest absolute Gasteiger partial charge is 0.496 e. The normalized spacial score (nSPS) is 12.9. The van der Waals surface area contributed by atoms with Gasteiger partial charge < -0.3 is 14.2 Å². The van der Waals surface area contributed by atoms with E-state index in [4.69, 9.17) is 14.2 Å². The molecule has 0 atom stereocenters. The van der Waals surface area contributed by atoms with Crippen molar-refractivity contribution in [2.45, 2.75) is 13.1 Å². The number of aromatic nitrogens is 2. The van der Waals surface area contributed by atoms with E-state index in [2.05, 4.69) is 15.1 Å². The Bertz CT molecular complexity index is 584. The van der Waals surface area contributed by atoms with Gasteiger partial charge in [-0.05, 0) is 19.2 Å². The maximum atomic E-state index is 5.42. The van der Waals surface area contributed by atoms with Crippen molar-refractivity contribution < 1.29 is 14.2 Å². The molecule has 0 amide bonds. The van der Waals surface area contributed by atoms with E-state index >= 15 is 0 Å². The quantitative estimate of drug-likeness (QED) is 0.901. The van der Waals surface area contributed by atoms with Gasteiger partial charge in [0.25, 0.3) is 0 Å². The highest BCUT2D eigenvalue weighted by atomic mass is 16.7. The Morgan fingerprint density at radius 3 is 2.80 bits per heavy atom. The third-order valence-corrected chi connectivity index (χ3v) is 3.21. The Labute approximate surface area is 117 Å². The highest BCUT2D eigenvalue weighted by molar-refractivity contribution is 5.51. The number of aromatic amines is 1. The van der Waals surface area contributed by atoms with Crippen LogP contribution in [-0.2, 0) is 13.1 Å². The van der Waals surface area contributed by atoms with E-state index in [0.29, 0.717) is 0 Å². The van der Waals surface area contributed by atoms with E-state index in [1.165, 1.54) is 0 Å². The second kappa shape index (κ2) is 5.42. The van der Waals surface area contributed by atoms with Crippen LogP contribution >= 0.6 is 0 Å². The van der Waals surface area contributed by atoms with Crippen molar-refractivity contribution in [2.24, 2.45) is 0 Å². The lowest BCUT2D eigenvalue weighted by Crippen LogP contribution is -2.18. The van der Waals surface area contributed by atoms with Gasteiger partial charge in [0, 0.05) is 36.6 Å². The summed E-state index contributed by atoms with van der Waals surface area (Å²) >= 11 is 0. The summed E-state index contributed by atoms with van der Waals surface area (Å²) in [4.78, 5) is 2.17. The van der Waals surface area contributed by atoms with Crippen LogP contribution in [0.25, 0.3) is 0 Å². The monoisotopic (exact) mass is 275 g/mol. The zero-order valence-corrected chi connectivity index (χ0v) is 11.5. The van der Waals surface area contributed by atoms with E-state index in [1.54, 1.807) is 13.3 Å². The fraction of sp³-hybridized carbons (Fsp3) is 0.357. The molecule has 0 fully saturated rings. The second-order valence-corrected chi connectivity index (χ2v) is 4.77. The van der Waals surface area contributed by atoms with Crippen molar-refractivity contribution in [3.63, 3.8) is 0 Å². The fourth-order valence-corrected chi connectivity index (χ4v) is 2.29. The van der Waals surface area contributed by atoms with Crippen molar-refractivity contribution in [1.82, 2.24) is 15.1 Å². The molecule has 1 aliphatic heterocycles.